The molecule has 1 heterocycles. The fourth-order valence-electron chi connectivity index (χ4n) is 2.49. The van der Waals surface area contributed by atoms with E-state index in [2.05, 4.69) is 31.2 Å². The van der Waals surface area contributed by atoms with Crippen molar-refractivity contribution in [2.75, 3.05) is 19.4 Å². The van der Waals surface area contributed by atoms with E-state index in [0.717, 1.165) is 28.0 Å². The van der Waals surface area contributed by atoms with Crippen molar-refractivity contribution >= 4 is 27.5 Å². The topological polar surface area (TPSA) is 50.2 Å². The highest BCUT2D eigenvalue weighted by molar-refractivity contribution is 9.10. The van der Waals surface area contributed by atoms with Crippen LogP contribution in [0.4, 0.5) is 5.69 Å². The van der Waals surface area contributed by atoms with Gasteiger partial charge in [0.05, 0.1) is 17.4 Å². The Morgan fingerprint density at radius 1 is 1.20 bits per heavy atom. The fraction of sp³-hybridized carbons (Fsp3) is 0.158. The number of benzene rings is 2. The van der Waals surface area contributed by atoms with E-state index in [1.54, 1.807) is 17.1 Å². The molecule has 6 heteroatoms. The molecule has 1 aromatic heterocycles. The summed E-state index contributed by atoms with van der Waals surface area (Å²) in [5.74, 6) is -0.176. The molecule has 2 aromatic carbocycles. The Kier molecular flexibility index (Phi) is 5.31. The molecule has 1 amide bonds. The average molecular weight is 399 g/mol. The van der Waals surface area contributed by atoms with E-state index in [4.69, 9.17) is 0 Å². The minimum atomic E-state index is -0.176. The molecule has 0 saturated heterocycles. The summed E-state index contributed by atoms with van der Waals surface area (Å²) in [4.78, 5) is 14.6. The van der Waals surface area contributed by atoms with Gasteiger partial charge < -0.3 is 10.2 Å². The minimum absolute atomic E-state index is 0.176. The Morgan fingerprint density at radius 2 is 1.96 bits per heavy atom. The molecule has 25 heavy (non-hydrogen) atoms. The van der Waals surface area contributed by atoms with Gasteiger partial charge in [0.1, 0.15) is 0 Å². The first kappa shape index (κ1) is 17.4. The van der Waals surface area contributed by atoms with Crippen molar-refractivity contribution in [1.82, 2.24) is 14.7 Å². The third kappa shape index (κ3) is 4.55. The summed E-state index contributed by atoms with van der Waals surface area (Å²) in [5.41, 5.74) is 3.34. The van der Waals surface area contributed by atoms with Crippen molar-refractivity contribution in [3.63, 3.8) is 0 Å². The number of nitrogens with one attached hydrogen (secondary N) is 1. The molecule has 5 nitrogen and oxygen atoms in total. The number of hydrogen-bond donors (Lipinski definition) is 1. The van der Waals surface area contributed by atoms with Gasteiger partial charge in [-0.1, -0.05) is 28.1 Å². The zero-order valence-electron chi connectivity index (χ0n) is 14.1. The molecule has 0 radical (unpaired) electrons. The quantitative estimate of drug-likeness (QED) is 0.707. The molecule has 0 aliphatic rings. The van der Waals surface area contributed by atoms with Gasteiger partial charge in [-0.25, -0.2) is 4.68 Å². The highest BCUT2D eigenvalue weighted by Crippen LogP contribution is 2.16. The van der Waals surface area contributed by atoms with Crippen LogP contribution in [-0.2, 0) is 6.54 Å². The lowest BCUT2D eigenvalue weighted by Gasteiger charge is -2.11. The third-order valence-corrected chi connectivity index (χ3v) is 4.15. The lowest BCUT2D eigenvalue weighted by Crippen LogP contribution is -2.13. The molecule has 0 atom stereocenters. The number of carbonyl (C=O) groups excluding carboxylic acids is 1. The number of hydrogen-bond acceptors (Lipinski definition) is 3. The van der Waals surface area contributed by atoms with Gasteiger partial charge in [-0.3, -0.25) is 4.79 Å². The highest BCUT2D eigenvalue weighted by Gasteiger charge is 2.10. The van der Waals surface area contributed by atoms with Crippen LogP contribution in [0.1, 0.15) is 15.9 Å². The third-order valence-electron chi connectivity index (χ3n) is 3.62. The minimum Gasteiger partial charge on any atom is -0.322 e. The zero-order valence-corrected chi connectivity index (χ0v) is 15.7. The summed E-state index contributed by atoms with van der Waals surface area (Å²) in [6, 6.07) is 15.6. The monoisotopic (exact) mass is 398 g/mol. The number of nitrogens with zero attached hydrogens (tertiary/aromatic N) is 3. The van der Waals surface area contributed by atoms with E-state index in [1.807, 2.05) is 62.6 Å². The Hall–Kier alpha value is -2.44. The number of aromatic nitrogens is 2. The number of amides is 1. The maximum Gasteiger partial charge on any atom is 0.258 e. The maximum atomic E-state index is 12.5. The van der Waals surface area contributed by atoms with Gasteiger partial charge in [-0.15, -0.1) is 0 Å². The van der Waals surface area contributed by atoms with E-state index in [9.17, 15) is 4.79 Å². The van der Waals surface area contributed by atoms with Crippen LogP contribution in [0.25, 0.3) is 5.69 Å². The van der Waals surface area contributed by atoms with Crippen LogP contribution in [0.5, 0.6) is 0 Å². The summed E-state index contributed by atoms with van der Waals surface area (Å²) in [5, 5.41) is 7.20. The fourth-order valence-corrected chi connectivity index (χ4v) is 2.76. The van der Waals surface area contributed by atoms with Crippen molar-refractivity contribution in [2.24, 2.45) is 0 Å². The highest BCUT2D eigenvalue weighted by atomic mass is 79.9. The molecular weight excluding hydrogens is 380 g/mol. The molecular formula is C19H19BrN4O. The van der Waals surface area contributed by atoms with Gasteiger partial charge in [0.15, 0.2) is 0 Å². The smallest absolute Gasteiger partial charge is 0.258 e. The second-order valence-electron chi connectivity index (χ2n) is 6.04. The zero-order chi connectivity index (χ0) is 17.8. The van der Waals surface area contributed by atoms with Crippen LogP contribution in [0.2, 0.25) is 0 Å². The summed E-state index contributed by atoms with van der Waals surface area (Å²) >= 11 is 3.41. The largest absolute Gasteiger partial charge is 0.322 e. The first-order valence-electron chi connectivity index (χ1n) is 7.87. The van der Waals surface area contributed by atoms with E-state index >= 15 is 0 Å². The van der Waals surface area contributed by atoms with Gasteiger partial charge in [-0.05, 0) is 56.1 Å². The van der Waals surface area contributed by atoms with Crippen molar-refractivity contribution in [2.45, 2.75) is 6.54 Å². The Balaban J connectivity index is 1.73. The second-order valence-corrected chi connectivity index (χ2v) is 6.96. The standard InChI is InChI=1S/C19H19BrN4O/c1-23(2)12-14-4-3-5-17(10-14)22-19(25)15-11-21-24(13-15)18-8-6-16(20)7-9-18/h3-11,13H,12H2,1-2H3,(H,22,25). The van der Waals surface area contributed by atoms with E-state index in [0.29, 0.717) is 5.56 Å². The number of carbonyl (C=O) groups is 1. The lowest BCUT2D eigenvalue weighted by atomic mass is 10.2. The Labute approximate surface area is 155 Å². The summed E-state index contributed by atoms with van der Waals surface area (Å²) in [6.45, 7) is 0.825. The summed E-state index contributed by atoms with van der Waals surface area (Å²) < 4.78 is 2.68. The molecule has 1 N–H and O–H groups in total. The first-order chi connectivity index (χ1) is 12.0. The molecule has 3 aromatic rings. The summed E-state index contributed by atoms with van der Waals surface area (Å²) in [7, 11) is 4.03. The molecule has 0 unspecified atom stereocenters. The Bertz CT molecular complexity index is 871. The SMILES string of the molecule is CN(C)Cc1cccc(NC(=O)c2cnn(-c3ccc(Br)cc3)c2)c1. The van der Waals surface area contributed by atoms with Gasteiger partial charge >= 0.3 is 0 Å². The van der Waals surface area contributed by atoms with Crippen LogP contribution in [0, 0.1) is 0 Å². The summed E-state index contributed by atoms with van der Waals surface area (Å²) in [6.07, 6.45) is 3.29. The molecule has 0 saturated carbocycles. The van der Waals surface area contributed by atoms with Crippen molar-refractivity contribution in [3.05, 3.63) is 76.5 Å². The number of halogens is 1. The second kappa shape index (κ2) is 7.63. The van der Waals surface area contributed by atoms with Crippen LogP contribution in [0.3, 0.4) is 0 Å². The van der Waals surface area contributed by atoms with E-state index in [1.165, 1.54) is 0 Å². The van der Waals surface area contributed by atoms with E-state index < -0.39 is 0 Å². The van der Waals surface area contributed by atoms with Crippen molar-refractivity contribution < 1.29 is 4.79 Å². The lowest BCUT2D eigenvalue weighted by molar-refractivity contribution is 0.102. The van der Waals surface area contributed by atoms with Crippen molar-refractivity contribution in [1.29, 1.82) is 0 Å². The Morgan fingerprint density at radius 3 is 2.68 bits per heavy atom. The van der Waals surface area contributed by atoms with Gasteiger partial charge in [-0.2, -0.15) is 5.10 Å². The van der Waals surface area contributed by atoms with Crippen LogP contribution in [-0.4, -0.2) is 34.7 Å². The van der Waals surface area contributed by atoms with E-state index in [-0.39, 0.29) is 5.91 Å². The number of anilines is 1. The maximum absolute atomic E-state index is 12.5. The van der Waals surface area contributed by atoms with Crippen LogP contribution >= 0.6 is 15.9 Å². The van der Waals surface area contributed by atoms with Gasteiger partial charge in [0.2, 0.25) is 0 Å². The first-order valence-corrected chi connectivity index (χ1v) is 8.66. The molecule has 0 spiro atoms. The van der Waals surface area contributed by atoms with Crippen molar-refractivity contribution in [3.8, 4) is 5.69 Å². The van der Waals surface area contributed by atoms with Gasteiger partial charge in [0, 0.05) is 22.9 Å². The number of rotatable bonds is 5. The van der Waals surface area contributed by atoms with Gasteiger partial charge in [0.25, 0.3) is 5.91 Å². The molecule has 0 fully saturated rings. The normalized spacial score (nSPS) is 10.9. The predicted molar refractivity (Wildman–Crippen MR) is 103 cm³/mol. The molecule has 3 rings (SSSR count). The molecule has 0 aliphatic carbocycles. The van der Waals surface area contributed by atoms with Crippen LogP contribution < -0.4 is 5.32 Å². The average Bonchev–Trinajstić information content (AvgIpc) is 3.05. The molecule has 128 valence electrons. The molecule has 0 bridgehead atoms. The molecule has 0 aliphatic heterocycles. The van der Waals surface area contributed by atoms with Crippen LogP contribution in [0.15, 0.2) is 65.4 Å². The predicted octanol–water partition coefficient (Wildman–Crippen LogP) is 3.95.